The third-order valence-electron chi connectivity index (χ3n) is 5.92. The van der Waals surface area contributed by atoms with Gasteiger partial charge in [-0.1, -0.05) is 0 Å². The van der Waals surface area contributed by atoms with Crippen molar-refractivity contribution in [3.8, 4) is 0 Å². The number of nitrogens with zero attached hydrogens (tertiary/aromatic N) is 1. The number of halogens is 3. The van der Waals surface area contributed by atoms with Crippen molar-refractivity contribution in [3.05, 3.63) is 29.5 Å². The fraction of sp³-hybridized carbons (Fsp3) is 0.600. The van der Waals surface area contributed by atoms with E-state index in [4.69, 9.17) is 4.42 Å². The van der Waals surface area contributed by atoms with Crippen LogP contribution in [0.4, 0.5) is 18.9 Å². The highest BCUT2D eigenvalue weighted by molar-refractivity contribution is 5.94. The van der Waals surface area contributed by atoms with Crippen molar-refractivity contribution in [3.63, 3.8) is 0 Å². The summed E-state index contributed by atoms with van der Waals surface area (Å²) in [5.74, 6) is 0.766. The second kappa shape index (κ2) is 7.57. The quantitative estimate of drug-likeness (QED) is 0.734. The summed E-state index contributed by atoms with van der Waals surface area (Å²) in [4.78, 5) is 2.02. The van der Waals surface area contributed by atoms with Gasteiger partial charge in [0.1, 0.15) is 5.58 Å². The van der Waals surface area contributed by atoms with Gasteiger partial charge in [0.25, 0.3) is 0 Å². The first-order valence-electron chi connectivity index (χ1n) is 9.81. The Balaban J connectivity index is 1.64. The van der Waals surface area contributed by atoms with Crippen molar-refractivity contribution in [1.82, 2.24) is 5.32 Å². The molecule has 154 valence electrons. The zero-order valence-corrected chi connectivity index (χ0v) is 15.5. The van der Waals surface area contributed by atoms with E-state index < -0.39 is 18.0 Å². The maximum Gasteiger partial charge on any atom is 0.416 e. The number of aliphatic hydroxyl groups excluding tert-OH is 2. The standard InChI is InChI=1S/C20H25F3N2O3/c21-20(22,23)13-3-6-16-15(11-13)17-18(28-16)19(27)24-8-10-25(17)9-7-12-1-4-14(26)5-2-12/h3,6,11-12,14,19,24,26-27H,1-2,4-5,7-10H2. The van der Waals surface area contributed by atoms with E-state index in [1.165, 1.54) is 6.07 Å². The highest BCUT2D eigenvalue weighted by Crippen LogP contribution is 2.41. The predicted octanol–water partition coefficient (Wildman–Crippen LogP) is 3.79. The lowest BCUT2D eigenvalue weighted by Gasteiger charge is -2.29. The number of rotatable bonds is 3. The van der Waals surface area contributed by atoms with Crippen LogP contribution in [0.3, 0.4) is 0 Å². The highest BCUT2D eigenvalue weighted by atomic mass is 19.4. The number of nitrogens with one attached hydrogen (secondary N) is 1. The van der Waals surface area contributed by atoms with Gasteiger partial charge in [0.15, 0.2) is 12.0 Å². The monoisotopic (exact) mass is 398 g/mol. The minimum Gasteiger partial charge on any atom is -0.455 e. The molecule has 2 aromatic rings. The maximum absolute atomic E-state index is 13.2. The normalized spacial score (nSPS) is 26.3. The number of benzene rings is 1. The molecule has 1 saturated carbocycles. The maximum atomic E-state index is 13.2. The minimum absolute atomic E-state index is 0.209. The number of furan rings is 1. The number of aliphatic hydroxyl groups is 2. The van der Waals surface area contributed by atoms with Crippen LogP contribution in [0.15, 0.2) is 22.6 Å². The second-order valence-corrected chi connectivity index (χ2v) is 7.83. The fourth-order valence-electron chi connectivity index (χ4n) is 4.33. The Morgan fingerprint density at radius 1 is 1.14 bits per heavy atom. The number of hydrogen-bond acceptors (Lipinski definition) is 5. The molecule has 28 heavy (non-hydrogen) atoms. The third kappa shape index (κ3) is 3.86. The van der Waals surface area contributed by atoms with E-state index >= 15 is 0 Å². The molecule has 1 aliphatic heterocycles. The Kier molecular flexibility index (Phi) is 5.28. The van der Waals surface area contributed by atoms with E-state index in [-0.39, 0.29) is 11.9 Å². The molecule has 1 aliphatic carbocycles. The van der Waals surface area contributed by atoms with Crippen molar-refractivity contribution >= 4 is 16.7 Å². The van der Waals surface area contributed by atoms with Gasteiger partial charge in [-0.05, 0) is 56.2 Å². The molecule has 1 aromatic heterocycles. The van der Waals surface area contributed by atoms with Crippen molar-refractivity contribution in [2.45, 2.75) is 50.6 Å². The van der Waals surface area contributed by atoms with Crippen LogP contribution >= 0.6 is 0 Å². The molecular formula is C20H25F3N2O3. The summed E-state index contributed by atoms with van der Waals surface area (Å²) in [5, 5.41) is 23.4. The zero-order valence-electron chi connectivity index (χ0n) is 15.5. The van der Waals surface area contributed by atoms with Crippen molar-refractivity contribution in [1.29, 1.82) is 0 Å². The van der Waals surface area contributed by atoms with Gasteiger partial charge in [-0.25, -0.2) is 0 Å². The number of fused-ring (bicyclic) bond motifs is 3. The van der Waals surface area contributed by atoms with Gasteiger partial charge in [-0.2, -0.15) is 13.2 Å². The first-order chi connectivity index (χ1) is 13.3. The molecule has 0 spiro atoms. The molecule has 0 amide bonds. The van der Waals surface area contributed by atoms with Gasteiger partial charge >= 0.3 is 6.18 Å². The van der Waals surface area contributed by atoms with E-state index in [1.54, 1.807) is 0 Å². The smallest absolute Gasteiger partial charge is 0.416 e. The lowest BCUT2D eigenvalue weighted by atomic mass is 9.85. The summed E-state index contributed by atoms with van der Waals surface area (Å²) >= 11 is 0. The Labute approximate surface area is 161 Å². The van der Waals surface area contributed by atoms with E-state index in [0.29, 0.717) is 42.2 Å². The van der Waals surface area contributed by atoms with Crippen LogP contribution in [0.1, 0.15) is 49.7 Å². The van der Waals surface area contributed by atoms with Gasteiger partial charge in [-0.3, -0.25) is 5.32 Å². The Hall–Kier alpha value is -1.77. The Morgan fingerprint density at radius 2 is 1.89 bits per heavy atom. The lowest BCUT2D eigenvalue weighted by Crippen LogP contribution is -2.32. The van der Waals surface area contributed by atoms with Crippen LogP contribution in [-0.2, 0) is 6.18 Å². The second-order valence-electron chi connectivity index (χ2n) is 7.83. The van der Waals surface area contributed by atoms with Crippen molar-refractivity contribution in [2.24, 2.45) is 5.92 Å². The van der Waals surface area contributed by atoms with E-state index in [0.717, 1.165) is 44.2 Å². The molecule has 0 radical (unpaired) electrons. The molecule has 3 N–H and O–H groups in total. The summed E-state index contributed by atoms with van der Waals surface area (Å²) in [6, 6.07) is 3.43. The number of alkyl halides is 3. The first-order valence-corrected chi connectivity index (χ1v) is 9.81. The number of anilines is 1. The molecule has 0 saturated heterocycles. The van der Waals surface area contributed by atoms with Crippen LogP contribution in [-0.4, -0.2) is 36.0 Å². The topological polar surface area (TPSA) is 68.9 Å². The molecule has 1 aromatic carbocycles. The molecule has 1 atom stereocenters. The summed E-state index contributed by atoms with van der Waals surface area (Å²) in [7, 11) is 0. The largest absolute Gasteiger partial charge is 0.455 e. The van der Waals surface area contributed by atoms with Crippen LogP contribution in [0.2, 0.25) is 0 Å². The molecule has 4 rings (SSSR count). The number of hydrogen-bond donors (Lipinski definition) is 3. The summed E-state index contributed by atoms with van der Waals surface area (Å²) < 4.78 is 45.3. The summed E-state index contributed by atoms with van der Waals surface area (Å²) in [6.45, 7) is 1.76. The summed E-state index contributed by atoms with van der Waals surface area (Å²) in [5.41, 5.74) is 0.164. The molecule has 0 bridgehead atoms. The van der Waals surface area contributed by atoms with Crippen LogP contribution in [0.25, 0.3) is 11.0 Å². The van der Waals surface area contributed by atoms with Crippen LogP contribution in [0, 0.1) is 5.92 Å². The van der Waals surface area contributed by atoms with Gasteiger partial charge < -0.3 is 19.5 Å². The highest BCUT2D eigenvalue weighted by Gasteiger charge is 2.33. The molecule has 2 aliphatic rings. The lowest BCUT2D eigenvalue weighted by molar-refractivity contribution is -0.137. The van der Waals surface area contributed by atoms with Crippen LogP contribution < -0.4 is 10.2 Å². The third-order valence-corrected chi connectivity index (χ3v) is 5.92. The zero-order chi connectivity index (χ0) is 19.9. The average Bonchev–Trinajstić information content (AvgIpc) is 2.96. The van der Waals surface area contributed by atoms with E-state index in [2.05, 4.69) is 5.32 Å². The van der Waals surface area contributed by atoms with Gasteiger partial charge in [0.2, 0.25) is 0 Å². The van der Waals surface area contributed by atoms with Gasteiger partial charge in [0, 0.05) is 25.0 Å². The van der Waals surface area contributed by atoms with E-state index in [1.807, 2.05) is 4.90 Å². The minimum atomic E-state index is -4.44. The SMILES string of the molecule is OC1CCC(CCN2CCNC(O)c3oc4ccc(C(F)(F)F)cc4c32)CC1. The molecular weight excluding hydrogens is 373 g/mol. The molecule has 1 unspecified atom stereocenters. The first kappa shape index (κ1) is 19.5. The molecule has 1 fully saturated rings. The van der Waals surface area contributed by atoms with Crippen LogP contribution in [0.5, 0.6) is 0 Å². The average molecular weight is 398 g/mol. The predicted molar refractivity (Wildman–Crippen MR) is 99.0 cm³/mol. The Morgan fingerprint density at radius 3 is 2.61 bits per heavy atom. The van der Waals surface area contributed by atoms with Crippen molar-refractivity contribution in [2.75, 3.05) is 24.5 Å². The summed E-state index contributed by atoms with van der Waals surface area (Å²) in [6.07, 6.45) is -1.26. The molecule has 2 heterocycles. The van der Waals surface area contributed by atoms with Crippen molar-refractivity contribution < 1.29 is 27.8 Å². The molecule has 8 heteroatoms. The fourth-order valence-corrected chi connectivity index (χ4v) is 4.33. The van der Waals surface area contributed by atoms with Gasteiger partial charge in [-0.15, -0.1) is 0 Å². The Bertz CT molecular complexity index is 828. The molecule has 5 nitrogen and oxygen atoms in total. The van der Waals surface area contributed by atoms with E-state index in [9.17, 15) is 23.4 Å². The van der Waals surface area contributed by atoms with Gasteiger partial charge in [0.05, 0.1) is 17.4 Å².